The maximum absolute atomic E-state index is 6.29. The van der Waals surface area contributed by atoms with Gasteiger partial charge in [-0.3, -0.25) is 0 Å². The van der Waals surface area contributed by atoms with Crippen LogP contribution in [0.2, 0.25) is 5.02 Å². The number of nitrogens with zero attached hydrogens (tertiary/aromatic N) is 1. The number of anilines is 1. The van der Waals surface area contributed by atoms with Crippen LogP contribution in [0, 0.1) is 0 Å². The Balaban J connectivity index is 2.12. The molecule has 2 aromatic rings. The molecule has 3 nitrogen and oxygen atoms in total. The monoisotopic (exact) mass is 304 g/mol. The van der Waals surface area contributed by atoms with Crippen molar-refractivity contribution in [3.8, 4) is 5.75 Å². The van der Waals surface area contributed by atoms with E-state index in [9.17, 15) is 0 Å². The van der Waals surface area contributed by atoms with E-state index in [1.54, 1.807) is 7.11 Å². The maximum Gasteiger partial charge on any atom is 0.118 e. The lowest BCUT2D eigenvalue weighted by Crippen LogP contribution is -2.16. The highest BCUT2D eigenvalue weighted by Crippen LogP contribution is 2.27. The first-order valence-electron chi connectivity index (χ1n) is 6.90. The molecule has 1 unspecified atom stereocenters. The van der Waals surface area contributed by atoms with Crippen LogP contribution in [0.4, 0.5) is 5.69 Å². The average Bonchev–Trinajstić information content (AvgIpc) is 2.47. The van der Waals surface area contributed by atoms with E-state index >= 15 is 0 Å². The predicted octanol–water partition coefficient (Wildman–Crippen LogP) is 4.00. The summed E-state index contributed by atoms with van der Waals surface area (Å²) in [6.45, 7) is 2.74. The molecular formula is C17H21ClN2O. The normalized spacial score (nSPS) is 12.0. The van der Waals surface area contributed by atoms with Crippen molar-refractivity contribution in [2.24, 2.45) is 5.73 Å². The molecule has 0 radical (unpaired) electrons. The zero-order valence-corrected chi connectivity index (χ0v) is 13.4. The van der Waals surface area contributed by atoms with Gasteiger partial charge in [-0.25, -0.2) is 0 Å². The van der Waals surface area contributed by atoms with Gasteiger partial charge in [0.05, 0.1) is 7.11 Å². The fourth-order valence-electron chi connectivity index (χ4n) is 2.22. The Bertz CT molecular complexity index is 596. The van der Waals surface area contributed by atoms with E-state index in [0.29, 0.717) is 5.02 Å². The summed E-state index contributed by atoms with van der Waals surface area (Å²) in [5, 5.41) is 0.712. The molecule has 21 heavy (non-hydrogen) atoms. The van der Waals surface area contributed by atoms with Crippen molar-refractivity contribution in [2.45, 2.75) is 19.5 Å². The Morgan fingerprint density at radius 1 is 1.19 bits per heavy atom. The minimum atomic E-state index is -0.0570. The molecular weight excluding hydrogens is 284 g/mol. The molecule has 0 aliphatic heterocycles. The summed E-state index contributed by atoms with van der Waals surface area (Å²) in [5.41, 5.74) is 9.14. The molecule has 2 rings (SSSR count). The highest BCUT2D eigenvalue weighted by molar-refractivity contribution is 6.31. The summed E-state index contributed by atoms with van der Waals surface area (Å²) >= 11 is 6.29. The lowest BCUT2D eigenvalue weighted by atomic mass is 10.1. The Kier molecular flexibility index (Phi) is 5.10. The van der Waals surface area contributed by atoms with E-state index in [1.807, 2.05) is 44.3 Å². The zero-order chi connectivity index (χ0) is 15.4. The van der Waals surface area contributed by atoms with Crippen molar-refractivity contribution in [2.75, 3.05) is 19.1 Å². The summed E-state index contributed by atoms with van der Waals surface area (Å²) in [4.78, 5) is 2.15. The van der Waals surface area contributed by atoms with Crippen LogP contribution in [0.25, 0.3) is 0 Å². The van der Waals surface area contributed by atoms with Crippen LogP contribution >= 0.6 is 11.6 Å². The van der Waals surface area contributed by atoms with Crippen molar-refractivity contribution in [3.05, 3.63) is 58.6 Å². The van der Waals surface area contributed by atoms with Crippen molar-refractivity contribution in [3.63, 3.8) is 0 Å². The lowest BCUT2D eigenvalue weighted by Gasteiger charge is -2.21. The molecule has 0 aliphatic rings. The van der Waals surface area contributed by atoms with Crippen LogP contribution < -0.4 is 15.4 Å². The number of hydrogen-bond acceptors (Lipinski definition) is 3. The smallest absolute Gasteiger partial charge is 0.118 e. The van der Waals surface area contributed by atoms with Crippen molar-refractivity contribution < 1.29 is 4.74 Å². The van der Waals surface area contributed by atoms with Gasteiger partial charge < -0.3 is 15.4 Å². The number of rotatable bonds is 5. The third kappa shape index (κ3) is 3.90. The molecule has 0 fully saturated rings. The highest BCUT2D eigenvalue weighted by Gasteiger charge is 2.09. The summed E-state index contributed by atoms with van der Waals surface area (Å²) in [7, 11) is 3.71. The second-order valence-corrected chi connectivity index (χ2v) is 5.61. The summed E-state index contributed by atoms with van der Waals surface area (Å²) in [6, 6.07) is 14.0. The molecule has 0 spiro atoms. The van der Waals surface area contributed by atoms with Gasteiger partial charge in [0.1, 0.15) is 5.75 Å². The number of methoxy groups -OCH3 is 1. The number of ether oxygens (including phenoxy) is 1. The molecule has 0 saturated heterocycles. The van der Waals surface area contributed by atoms with E-state index in [4.69, 9.17) is 22.1 Å². The summed E-state index contributed by atoms with van der Waals surface area (Å²) < 4.78 is 5.17. The molecule has 0 aromatic heterocycles. The Labute approximate surface area is 131 Å². The fourth-order valence-corrected chi connectivity index (χ4v) is 2.57. The van der Waals surface area contributed by atoms with E-state index in [1.165, 1.54) is 5.56 Å². The van der Waals surface area contributed by atoms with Gasteiger partial charge in [0.25, 0.3) is 0 Å². The molecule has 0 aliphatic carbocycles. The minimum Gasteiger partial charge on any atom is -0.497 e. The van der Waals surface area contributed by atoms with Crippen molar-refractivity contribution in [1.82, 2.24) is 0 Å². The second-order valence-electron chi connectivity index (χ2n) is 5.20. The summed E-state index contributed by atoms with van der Waals surface area (Å²) in [5.74, 6) is 0.866. The van der Waals surface area contributed by atoms with Crippen LogP contribution in [0.15, 0.2) is 42.5 Å². The molecule has 1 atom stereocenters. The number of halogens is 1. The van der Waals surface area contributed by atoms with Crippen molar-refractivity contribution in [1.29, 1.82) is 0 Å². The quantitative estimate of drug-likeness (QED) is 0.907. The van der Waals surface area contributed by atoms with Gasteiger partial charge in [-0.15, -0.1) is 0 Å². The van der Waals surface area contributed by atoms with E-state index < -0.39 is 0 Å². The molecule has 0 saturated carbocycles. The Hall–Kier alpha value is -1.71. The third-order valence-corrected chi connectivity index (χ3v) is 3.82. The van der Waals surface area contributed by atoms with Gasteiger partial charge in [-0.1, -0.05) is 29.8 Å². The van der Waals surface area contributed by atoms with E-state index in [2.05, 4.69) is 17.0 Å². The van der Waals surface area contributed by atoms with Crippen LogP contribution in [0.3, 0.4) is 0 Å². The number of nitrogens with two attached hydrogens (primary N) is 1. The van der Waals surface area contributed by atoms with Gasteiger partial charge >= 0.3 is 0 Å². The number of benzene rings is 2. The molecule has 112 valence electrons. The van der Waals surface area contributed by atoms with Crippen LogP contribution in [0.5, 0.6) is 5.75 Å². The predicted molar refractivity (Wildman–Crippen MR) is 89.2 cm³/mol. The second kappa shape index (κ2) is 6.83. The van der Waals surface area contributed by atoms with Crippen LogP contribution in [-0.2, 0) is 6.54 Å². The Morgan fingerprint density at radius 2 is 1.86 bits per heavy atom. The zero-order valence-electron chi connectivity index (χ0n) is 12.6. The SMILES string of the molecule is COc1ccc(CN(C)c2ccc(C(C)N)c(Cl)c2)cc1. The maximum atomic E-state index is 6.29. The molecule has 0 amide bonds. The highest BCUT2D eigenvalue weighted by atomic mass is 35.5. The first-order chi connectivity index (χ1) is 10.0. The first kappa shape index (κ1) is 15.7. The average molecular weight is 305 g/mol. The van der Waals surface area contributed by atoms with Gasteiger partial charge in [0.15, 0.2) is 0 Å². The molecule has 4 heteroatoms. The minimum absolute atomic E-state index is 0.0570. The third-order valence-electron chi connectivity index (χ3n) is 3.49. The van der Waals surface area contributed by atoms with Crippen LogP contribution in [0.1, 0.15) is 24.1 Å². The molecule has 2 N–H and O–H groups in total. The molecule has 0 heterocycles. The van der Waals surface area contributed by atoms with E-state index in [-0.39, 0.29) is 6.04 Å². The van der Waals surface area contributed by atoms with Crippen molar-refractivity contribution >= 4 is 17.3 Å². The Morgan fingerprint density at radius 3 is 2.38 bits per heavy atom. The molecule has 0 bridgehead atoms. The van der Waals surface area contributed by atoms with Gasteiger partial charge in [0.2, 0.25) is 0 Å². The van der Waals surface area contributed by atoms with Crippen LogP contribution in [-0.4, -0.2) is 14.2 Å². The standard InChI is InChI=1S/C17H21ClN2O/c1-12(19)16-9-6-14(10-17(16)18)20(2)11-13-4-7-15(21-3)8-5-13/h4-10,12H,11,19H2,1-3H3. The fraction of sp³-hybridized carbons (Fsp3) is 0.294. The van der Waals surface area contributed by atoms with E-state index in [0.717, 1.165) is 23.5 Å². The topological polar surface area (TPSA) is 38.5 Å². The van der Waals surface area contributed by atoms with Gasteiger partial charge in [-0.2, -0.15) is 0 Å². The lowest BCUT2D eigenvalue weighted by molar-refractivity contribution is 0.414. The first-order valence-corrected chi connectivity index (χ1v) is 7.28. The summed E-state index contributed by atoms with van der Waals surface area (Å²) in [6.07, 6.45) is 0. The van der Waals surface area contributed by atoms with Gasteiger partial charge in [0, 0.05) is 30.3 Å². The number of hydrogen-bond donors (Lipinski definition) is 1. The van der Waals surface area contributed by atoms with Gasteiger partial charge in [-0.05, 0) is 42.3 Å². The molecule has 2 aromatic carbocycles. The largest absolute Gasteiger partial charge is 0.497 e.